The van der Waals surface area contributed by atoms with Gasteiger partial charge in [-0.1, -0.05) is 25.6 Å². The van der Waals surface area contributed by atoms with Gasteiger partial charge in [0.05, 0.1) is 12.3 Å². The van der Waals surface area contributed by atoms with Crippen LogP contribution in [-0.4, -0.2) is 11.8 Å². The predicted octanol–water partition coefficient (Wildman–Crippen LogP) is 4.65. The van der Waals surface area contributed by atoms with Crippen molar-refractivity contribution >= 4 is 11.8 Å². The van der Waals surface area contributed by atoms with Crippen molar-refractivity contribution in [2.75, 3.05) is 0 Å². The van der Waals surface area contributed by atoms with E-state index >= 15 is 0 Å². The van der Waals surface area contributed by atoms with E-state index in [-0.39, 0.29) is 5.75 Å². The minimum Gasteiger partial charge on any atom is -0.464 e. The zero-order chi connectivity index (χ0) is 14.5. The number of thioether (sulfide) groups is 1. The summed E-state index contributed by atoms with van der Waals surface area (Å²) in [6.07, 6.45) is 3.68. The maximum atomic E-state index is 12.1. The minimum absolute atomic E-state index is 0.232. The zero-order valence-electron chi connectivity index (χ0n) is 12.1. The zero-order valence-corrected chi connectivity index (χ0v) is 12.9. The summed E-state index contributed by atoms with van der Waals surface area (Å²) in [7, 11) is 0. The number of nitrogens with one attached hydrogen (secondary N) is 1. The van der Waals surface area contributed by atoms with Crippen LogP contribution in [0.5, 0.6) is 0 Å². The molecule has 2 rings (SSSR count). The Balaban J connectivity index is 1.74. The molecule has 0 aliphatic heterocycles. The van der Waals surface area contributed by atoms with E-state index in [0.717, 1.165) is 17.6 Å². The highest BCUT2D eigenvalue weighted by Gasteiger charge is 2.24. The minimum atomic E-state index is -2.34. The lowest BCUT2D eigenvalue weighted by molar-refractivity contribution is 0.222. The Morgan fingerprint density at radius 2 is 2.00 bits per heavy atom. The van der Waals surface area contributed by atoms with Crippen LogP contribution in [0.15, 0.2) is 16.5 Å². The van der Waals surface area contributed by atoms with E-state index in [4.69, 9.17) is 4.42 Å². The van der Waals surface area contributed by atoms with Gasteiger partial charge in [-0.05, 0) is 43.2 Å². The van der Waals surface area contributed by atoms with Crippen LogP contribution in [-0.2, 0) is 12.3 Å². The Morgan fingerprint density at radius 1 is 1.25 bits per heavy atom. The summed E-state index contributed by atoms with van der Waals surface area (Å²) in [6.45, 7) is 5.32. The first kappa shape index (κ1) is 15.8. The number of rotatable bonds is 6. The van der Waals surface area contributed by atoms with Gasteiger partial charge in [0.25, 0.3) is 5.76 Å². The van der Waals surface area contributed by atoms with E-state index in [1.165, 1.54) is 19.3 Å². The molecule has 1 fully saturated rings. The molecule has 0 amide bonds. The first-order valence-electron chi connectivity index (χ1n) is 7.25. The third kappa shape index (κ3) is 4.77. The Bertz CT molecular complexity index is 410. The molecule has 114 valence electrons. The first-order valence-corrected chi connectivity index (χ1v) is 8.30. The molecule has 1 saturated carbocycles. The monoisotopic (exact) mass is 303 g/mol. The Labute approximate surface area is 123 Å². The van der Waals surface area contributed by atoms with Crippen molar-refractivity contribution < 1.29 is 13.2 Å². The summed E-state index contributed by atoms with van der Waals surface area (Å²) >= 11 is 0.597. The lowest BCUT2D eigenvalue weighted by Gasteiger charge is -2.32. The van der Waals surface area contributed by atoms with E-state index in [1.54, 1.807) is 6.07 Å². The van der Waals surface area contributed by atoms with Crippen molar-refractivity contribution in [2.24, 2.45) is 11.8 Å². The maximum absolute atomic E-state index is 12.1. The van der Waals surface area contributed by atoms with Gasteiger partial charge in [-0.25, -0.2) is 0 Å². The van der Waals surface area contributed by atoms with E-state index in [0.29, 0.717) is 30.1 Å². The molecular formula is C15H23F2NOS. The van der Waals surface area contributed by atoms with Crippen LogP contribution < -0.4 is 5.32 Å². The molecule has 0 saturated heterocycles. The summed E-state index contributed by atoms with van der Waals surface area (Å²) in [4.78, 5) is 0. The maximum Gasteiger partial charge on any atom is 0.284 e. The van der Waals surface area contributed by atoms with Crippen molar-refractivity contribution in [1.82, 2.24) is 5.32 Å². The summed E-state index contributed by atoms with van der Waals surface area (Å²) in [5, 5.41) is 3.52. The second kappa shape index (κ2) is 7.46. The molecular weight excluding hydrogens is 280 g/mol. The van der Waals surface area contributed by atoms with Crippen molar-refractivity contribution in [3.63, 3.8) is 0 Å². The molecule has 3 unspecified atom stereocenters. The first-order chi connectivity index (χ1) is 9.54. The second-order valence-corrected chi connectivity index (χ2v) is 6.76. The van der Waals surface area contributed by atoms with E-state index in [1.807, 2.05) is 6.07 Å². The van der Waals surface area contributed by atoms with Crippen LogP contribution >= 0.6 is 11.8 Å². The molecule has 1 aliphatic carbocycles. The molecule has 3 atom stereocenters. The molecule has 2 nitrogen and oxygen atoms in total. The summed E-state index contributed by atoms with van der Waals surface area (Å²) in [5.41, 5.74) is 0. The highest BCUT2D eigenvalue weighted by atomic mass is 32.2. The standard InChI is InChI=1S/C15H23F2NOS/c1-10-3-4-12(7-11(10)2)18-8-13-5-6-14(19-13)9-20-15(16)17/h5-6,10-12,15,18H,3-4,7-9H2,1-2H3. The van der Waals surface area contributed by atoms with Gasteiger partial charge in [0.1, 0.15) is 11.5 Å². The van der Waals surface area contributed by atoms with Gasteiger partial charge in [-0.2, -0.15) is 8.78 Å². The molecule has 1 aromatic heterocycles. The van der Waals surface area contributed by atoms with Crippen LogP contribution in [0, 0.1) is 11.8 Å². The molecule has 1 heterocycles. The number of halogens is 2. The van der Waals surface area contributed by atoms with Crippen LogP contribution in [0.25, 0.3) is 0 Å². The van der Waals surface area contributed by atoms with Crippen molar-refractivity contribution in [1.29, 1.82) is 0 Å². The van der Waals surface area contributed by atoms with Gasteiger partial charge >= 0.3 is 0 Å². The molecule has 0 radical (unpaired) electrons. The second-order valence-electron chi connectivity index (χ2n) is 5.79. The lowest BCUT2D eigenvalue weighted by Crippen LogP contribution is -2.35. The lowest BCUT2D eigenvalue weighted by atomic mass is 9.79. The molecule has 0 aromatic carbocycles. The van der Waals surface area contributed by atoms with Gasteiger partial charge < -0.3 is 9.73 Å². The van der Waals surface area contributed by atoms with Crippen LogP contribution in [0.4, 0.5) is 8.78 Å². The summed E-state index contributed by atoms with van der Waals surface area (Å²) in [6, 6.07) is 4.21. The molecule has 20 heavy (non-hydrogen) atoms. The van der Waals surface area contributed by atoms with E-state index in [9.17, 15) is 8.78 Å². The van der Waals surface area contributed by atoms with Crippen LogP contribution in [0.3, 0.4) is 0 Å². The normalized spacial score (nSPS) is 27.1. The Morgan fingerprint density at radius 3 is 2.70 bits per heavy atom. The Hall–Kier alpha value is -0.550. The van der Waals surface area contributed by atoms with E-state index in [2.05, 4.69) is 19.2 Å². The van der Waals surface area contributed by atoms with Crippen LogP contribution in [0.1, 0.15) is 44.6 Å². The van der Waals surface area contributed by atoms with Gasteiger partial charge in [-0.3, -0.25) is 0 Å². The summed E-state index contributed by atoms with van der Waals surface area (Å²) < 4.78 is 29.7. The molecule has 1 aliphatic rings. The molecule has 1 aromatic rings. The fourth-order valence-corrected chi connectivity index (χ4v) is 3.16. The van der Waals surface area contributed by atoms with Crippen LogP contribution in [0.2, 0.25) is 0 Å². The van der Waals surface area contributed by atoms with Crippen molar-refractivity contribution in [3.8, 4) is 0 Å². The smallest absolute Gasteiger partial charge is 0.284 e. The van der Waals surface area contributed by atoms with Crippen molar-refractivity contribution in [3.05, 3.63) is 23.7 Å². The molecule has 0 bridgehead atoms. The van der Waals surface area contributed by atoms with Crippen molar-refractivity contribution in [2.45, 2.75) is 57.2 Å². The third-order valence-electron chi connectivity index (χ3n) is 4.23. The number of alkyl halides is 2. The third-order valence-corrected chi connectivity index (χ3v) is 4.94. The molecule has 1 N–H and O–H groups in total. The highest BCUT2D eigenvalue weighted by Crippen LogP contribution is 2.29. The van der Waals surface area contributed by atoms with Gasteiger partial charge in [0, 0.05) is 6.04 Å². The quantitative estimate of drug-likeness (QED) is 0.828. The van der Waals surface area contributed by atoms with Gasteiger partial charge in [-0.15, -0.1) is 0 Å². The van der Waals surface area contributed by atoms with E-state index < -0.39 is 5.76 Å². The van der Waals surface area contributed by atoms with Gasteiger partial charge in [0.2, 0.25) is 0 Å². The topological polar surface area (TPSA) is 25.2 Å². The number of hydrogen-bond acceptors (Lipinski definition) is 3. The Kier molecular flexibility index (Phi) is 5.90. The predicted molar refractivity (Wildman–Crippen MR) is 78.8 cm³/mol. The fourth-order valence-electron chi connectivity index (χ4n) is 2.72. The average Bonchev–Trinajstić information content (AvgIpc) is 2.86. The average molecular weight is 303 g/mol. The molecule has 5 heteroatoms. The molecule has 0 spiro atoms. The fraction of sp³-hybridized carbons (Fsp3) is 0.733. The highest BCUT2D eigenvalue weighted by molar-refractivity contribution is 7.98. The number of furan rings is 1. The largest absolute Gasteiger partial charge is 0.464 e. The SMILES string of the molecule is CC1CCC(NCc2ccc(CSC(F)F)o2)CC1C. The number of hydrogen-bond donors (Lipinski definition) is 1. The van der Waals surface area contributed by atoms with Gasteiger partial charge in [0.15, 0.2) is 0 Å². The summed E-state index contributed by atoms with van der Waals surface area (Å²) in [5.74, 6) is 0.923.